The average Bonchev–Trinajstić information content (AvgIpc) is 3.35. The Morgan fingerprint density at radius 1 is 1.39 bits per heavy atom. The monoisotopic (exact) mass is 416 g/mol. The number of likely N-dealkylation sites (tertiary alicyclic amines) is 1. The first-order valence-electron chi connectivity index (χ1n) is 8.52. The second-order valence-electron chi connectivity index (χ2n) is 6.67. The summed E-state index contributed by atoms with van der Waals surface area (Å²) in [5.74, 6) is -2.49. The Morgan fingerprint density at radius 2 is 2.11 bits per heavy atom. The highest BCUT2D eigenvalue weighted by atomic mass is 32.1. The molecule has 4 heterocycles. The minimum Gasteiger partial charge on any atom is -0.475 e. The molecule has 0 spiro atoms. The average molecular weight is 416 g/mol. The molecule has 0 aliphatic carbocycles. The molecule has 2 aromatic rings. The number of amides is 1. The summed E-state index contributed by atoms with van der Waals surface area (Å²) in [6.45, 7) is 1.94. The summed E-state index contributed by atoms with van der Waals surface area (Å²) in [5, 5.41) is 15.5. The lowest BCUT2D eigenvalue weighted by atomic mass is 10.1. The molecular weight excluding hydrogens is 397 g/mol. The zero-order valence-corrected chi connectivity index (χ0v) is 15.8. The number of alkyl halides is 3. The number of fused-ring (bicyclic) bond motifs is 1. The predicted octanol–water partition coefficient (Wildman–Crippen LogP) is 2.49. The van der Waals surface area contributed by atoms with Gasteiger partial charge in [-0.2, -0.15) is 29.6 Å². The molecule has 0 unspecified atom stereocenters. The highest BCUT2D eigenvalue weighted by Gasteiger charge is 2.47. The van der Waals surface area contributed by atoms with Crippen molar-refractivity contribution in [3.05, 3.63) is 34.8 Å². The van der Waals surface area contributed by atoms with Gasteiger partial charge in [0.1, 0.15) is 0 Å². The number of carboxylic acid groups (broad SMARTS) is 1. The number of rotatable bonds is 3. The Morgan fingerprint density at radius 3 is 2.64 bits per heavy atom. The molecule has 2 atom stereocenters. The minimum atomic E-state index is -5.08. The maximum Gasteiger partial charge on any atom is 0.490 e. The first kappa shape index (κ1) is 20.3. The molecule has 2 aromatic heterocycles. The van der Waals surface area contributed by atoms with Crippen LogP contribution in [-0.2, 0) is 23.2 Å². The Hall–Kier alpha value is -2.40. The third-order valence-corrected chi connectivity index (χ3v) is 5.45. The lowest BCUT2D eigenvalue weighted by Crippen LogP contribution is -2.36. The third-order valence-electron chi connectivity index (χ3n) is 4.78. The van der Waals surface area contributed by atoms with Gasteiger partial charge >= 0.3 is 12.1 Å². The summed E-state index contributed by atoms with van der Waals surface area (Å²) in [7, 11) is 1.94. The number of aryl methyl sites for hydroxylation is 1. The van der Waals surface area contributed by atoms with Crippen molar-refractivity contribution in [2.75, 3.05) is 11.4 Å². The normalized spacial score (nSPS) is 22.1. The van der Waals surface area contributed by atoms with Gasteiger partial charge in [-0.15, -0.1) is 0 Å². The van der Waals surface area contributed by atoms with E-state index in [2.05, 4.69) is 27.6 Å². The molecule has 2 aliphatic heterocycles. The quantitative estimate of drug-likeness (QED) is 0.832. The van der Waals surface area contributed by atoms with Crippen LogP contribution in [0.15, 0.2) is 29.2 Å². The van der Waals surface area contributed by atoms with Gasteiger partial charge in [-0.3, -0.25) is 14.4 Å². The zero-order valence-electron chi connectivity index (χ0n) is 15.0. The topological polar surface area (TPSA) is 78.7 Å². The second kappa shape index (κ2) is 7.92. The maximum atomic E-state index is 12.4. The minimum absolute atomic E-state index is 0.263. The highest BCUT2D eigenvalue weighted by molar-refractivity contribution is 7.08. The molecule has 7 nitrogen and oxygen atoms in total. The fourth-order valence-electron chi connectivity index (χ4n) is 3.64. The van der Waals surface area contributed by atoms with Gasteiger partial charge in [-0.1, -0.05) is 0 Å². The molecule has 1 N–H and O–H groups in total. The molecule has 2 aliphatic rings. The molecule has 2 fully saturated rings. The molecule has 0 radical (unpaired) electrons. The summed E-state index contributed by atoms with van der Waals surface area (Å²) in [5.41, 5.74) is 2.29. The van der Waals surface area contributed by atoms with E-state index < -0.39 is 12.1 Å². The molecule has 0 saturated carbocycles. The van der Waals surface area contributed by atoms with E-state index in [0.29, 0.717) is 18.5 Å². The van der Waals surface area contributed by atoms with Crippen LogP contribution >= 0.6 is 11.3 Å². The van der Waals surface area contributed by atoms with E-state index in [0.717, 1.165) is 25.2 Å². The van der Waals surface area contributed by atoms with Crippen molar-refractivity contribution < 1.29 is 27.9 Å². The van der Waals surface area contributed by atoms with Crippen molar-refractivity contribution in [2.45, 2.75) is 37.6 Å². The number of anilines is 1. The smallest absolute Gasteiger partial charge is 0.475 e. The van der Waals surface area contributed by atoms with Crippen molar-refractivity contribution in [1.29, 1.82) is 0 Å². The highest BCUT2D eigenvalue weighted by Crippen LogP contribution is 2.37. The van der Waals surface area contributed by atoms with Crippen molar-refractivity contribution in [2.24, 2.45) is 7.05 Å². The maximum absolute atomic E-state index is 12.4. The SMILES string of the molecule is Cn1cc(CN2CC[C@H]3[C@H]2CC(=O)N3c2ccsc2)cn1.O=C(O)C(F)(F)F. The lowest BCUT2D eigenvalue weighted by molar-refractivity contribution is -0.192. The number of hydrogen-bond donors (Lipinski definition) is 1. The number of hydrogen-bond acceptors (Lipinski definition) is 5. The summed E-state index contributed by atoms with van der Waals surface area (Å²) < 4.78 is 33.6. The van der Waals surface area contributed by atoms with Gasteiger partial charge in [0.2, 0.25) is 5.91 Å². The Labute approximate surface area is 163 Å². The van der Waals surface area contributed by atoms with Crippen LogP contribution in [0.2, 0.25) is 0 Å². The van der Waals surface area contributed by atoms with Crippen LogP contribution in [0.4, 0.5) is 18.9 Å². The summed E-state index contributed by atoms with van der Waals surface area (Å²) >= 11 is 1.65. The number of halogens is 3. The van der Waals surface area contributed by atoms with Crippen molar-refractivity contribution in [3.8, 4) is 0 Å². The number of aliphatic carboxylic acids is 1. The van der Waals surface area contributed by atoms with Crippen LogP contribution in [0.5, 0.6) is 0 Å². The summed E-state index contributed by atoms with van der Waals surface area (Å²) in [6, 6.07) is 2.73. The molecule has 28 heavy (non-hydrogen) atoms. The number of carbonyl (C=O) groups excluding carboxylic acids is 1. The predicted molar refractivity (Wildman–Crippen MR) is 95.9 cm³/mol. The van der Waals surface area contributed by atoms with Gasteiger partial charge in [0.25, 0.3) is 0 Å². The first-order valence-corrected chi connectivity index (χ1v) is 9.47. The third kappa shape index (κ3) is 4.36. The Kier molecular flexibility index (Phi) is 5.75. The van der Waals surface area contributed by atoms with Crippen LogP contribution in [0, 0.1) is 0 Å². The first-order chi connectivity index (χ1) is 13.2. The van der Waals surface area contributed by atoms with Crippen molar-refractivity contribution in [1.82, 2.24) is 14.7 Å². The van der Waals surface area contributed by atoms with E-state index in [4.69, 9.17) is 9.90 Å². The molecule has 1 amide bonds. The number of aromatic nitrogens is 2. The van der Waals surface area contributed by atoms with Crippen LogP contribution in [-0.4, -0.2) is 56.5 Å². The number of carboxylic acids is 1. The molecule has 2 saturated heterocycles. The zero-order chi connectivity index (χ0) is 20.5. The van der Waals surface area contributed by atoms with Gasteiger partial charge in [0.05, 0.1) is 17.9 Å². The molecular formula is C17H19F3N4O3S. The molecule has 152 valence electrons. The standard InChI is InChI=1S/C15H18N4OS.C2HF3O2/c1-17-8-11(7-16-17)9-18-4-2-13-14(18)6-15(20)19(13)12-3-5-21-10-12;3-2(4,5)1(6)7/h3,5,7-8,10,13-14H,2,4,6,9H2,1H3;(H,6,7)/t13-,14+;/m0./s1. The fraction of sp³-hybridized carbons (Fsp3) is 0.471. The van der Waals surface area contributed by atoms with Gasteiger partial charge < -0.3 is 10.0 Å². The van der Waals surface area contributed by atoms with Gasteiger partial charge in [0, 0.05) is 49.7 Å². The Bertz CT molecular complexity index is 837. The largest absolute Gasteiger partial charge is 0.490 e. The number of thiophene rings is 1. The fourth-order valence-corrected chi connectivity index (χ4v) is 4.27. The molecule has 4 rings (SSSR count). The van der Waals surface area contributed by atoms with Gasteiger partial charge in [-0.25, -0.2) is 4.79 Å². The Balaban J connectivity index is 0.000000279. The van der Waals surface area contributed by atoms with E-state index in [1.54, 1.807) is 11.3 Å². The van der Waals surface area contributed by atoms with Crippen LogP contribution in [0.3, 0.4) is 0 Å². The summed E-state index contributed by atoms with van der Waals surface area (Å²) in [4.78, 5) is 25.7. The number of nitrogens with zero attached hydrogens (tertiary/aromatic N) is 4. The van der Waals surface area contributed by atoms with Crippen molar-refractivity contribution >= 4 is 28.9 Å². The van der Waals surface area contributed by atoms with E-state index in [1.165, 1.54) is 5.56 Å². The van der Waals surface area contributed by atoms with Crippen molar-refractivity contribution in [3.63, 3.8) is 0 Å². The van der Waals surface area contributed by atoms with Gasteiger partial charge in [0.15, 0.2) is 0 Å². The number of carbonyl (C=O) groups is 2. The lowest BCUT2D eigenvalue weighted by Gasteiger charge is -2.24. The van der Waals surface area contributed by atoms with E-state index >= 15 is 0 Å². The molecule has 0 aromatic carbocycles. The second-order valence-corrected chi connectivity index (χ2v) is 7.45. The van der Waals surface area contributed by atoms with Crippen LogP contribution in [0.1, 0.15) is 18.4 Å². The van der Waals surface area contributed by atoms with E-state index in [-0.39, 0.29) is 5.91 Å². The van der Waals surface area contributed by atoms with Crippen LogP contribution in [0.25, 0.3) is 0 Å². The van der Waals surface area contributed by atoms with Gasteiger partial charge in [-0.05, 0) is 17.9 Å². The van der Waals surface area contributed by atoms with E-state index in [9.17, 15) is 18.0 Å². The van der Waals surface area contributed by atoms with Crippen LogP contribution < -0.4 is 4.90 Å². The van der Waals surface area contributed by atoms with E-state index in [1.807, 2.05) is 28.2 Å². The molecule has 0 bridgehead atoms. The molecule has 11 heteroatoms. The summed E-state index contributed by atoms with van der Waals surface area (Å²) in [6.07, 6.45) is 0.592.